The predicted octanol–water partition coefficient (Wildman–Crippen LogP) is 4.69. The van der Waals surface area contributed by atoms with Gasteiger partial charge in [-0.3, -0.25) is 4.68 Å². The van der Waals surface area contributed by atoms with E-state index in [0.717, 1.165) is 18.5 Å². The van der Waals surface area contributed by atoms with Crippen molar-refractivity contribution in [3.8, 4) is 0 Å². The molecule has 21 heavy (non-hydrogen) atoms. The molecule has 0 bridgehead atoms. The van der Waals surface area contributed by atoms with Gasteiger partial charge in [-0.1, -0.05) is 46.8 Å². The van der Waals surface area contributed by atoms with Gasteiger partial charge in [0.05, 0.1) is 0 Å². The Morgan fingerprint density at radius 1 is 1.00 bits per heavy atom. The van der Waals surface area contributed by atoms with E-state index in [0.29, 0.717) is 0 Å². The fourth-order valence-corrected chi connectivity index (χ4v) is 2.58. The zero-order valence-corrected chi connectivity index (χ0v) is 13.7. The van der Waals surface area contributed by atoms with E-state index in [2.05, 4.69) is 50.5 Å². The Morgan fingerprint density at radius 2 is 1.62 bits per heavy atom. The summed E-state index contributed by atoms with van der Waals surface area (Å²) in [6, 6.07) is 8.91. The summed E-state index contributed by atoms with van der Waals surface area (Å²) in [5.41, 5.74) is 2.50. The Hall–Kier alpha value is -1.64. The molecule has 2 nitrogen and oxygen atoms in total. The van der Waals surface area contributed by atoms with Crippen molar-refractivity contribution in [2.24, 2.45) is 0 Å². The van der Waals surface area contributed by atoms with Crippen LogP contribution in [0.1, 0.15) is 52.3 Å². The van der Waals surface area contributed by atoms with Gasteiger partial charge >= 0.3 is 0 Å². The number of halogens is 1. The average molecular weight is 288 g/mol. The summed E-state index contributed by atoms with van der Waals surface area (Å²) in [5.74, 6) is -0.184. The van der Waals surface area contributed by atoms with Crippen molar-refractivity contribution in [1.82, 2.24) is 9.78 Å². The number of aromatic nitrogens is 2. The molecule has 1 heterocycles. The monoisotopic (exact) mass is 288 g/mol. The van der Waals surface area contributed by atoms with Crippen LogP contribution in [-0.4, -0.2) is 9.78 Å². The lowest BCUT2D eigenvalue weighted by atomic mass is 9.81. The van der Waals surface area contributed by atoms with Crippen molar-refractivity contribution in [2.75, 3.05) is 0 Å². The zero-order valence-electron chi connectivity index (χ0n) is 13.7. The van der Waals surface area contributed by atoms with Crippen molar-refractivity contribution < 1.29 is 4.39 Å². The third kappa shape index (κ3) is 3.72. The summed E-state index contributed by atoms with van der Waals surface area (Å²) in [5, 5.41) is 4.45. The Bertz CT molecular complexity index is 588. The molecule has 0 radical (unpaired) electrons. The highest BCUT2D eigenvalue weighted by molar-refractivity contribution is 5.24. The lowest BCUT2D eigenvalue weighted by Gasteiger charge is -2.27. The molecular formula is C18H25FN2. The molecule has 114 valence electrons. The summed E-state index contributed by atoms with van der Waals surface area (Å²) in [4.78, 5) is 0. The molecule has 0 saturated carbocycles. The first-order chi connectivity index (χ1) is 9.70. The third-order valence-electron chi connectivity index (χ3n) is 4.06. The van der Waals surface area contributed by atoms with E-state index in [1.807, 2.05) is 18.3 Å². The molecule has 1 aromatic carbocycles. The van der Waals surface area contributed by atoms with E-state index in [1.54, 1.807) is 0 Å². The number of hydrogen-bond acceptors (Lipinski definition) is 1. The zero-order chi connectivity index (χ0) is 15.7. The summed E-state index contributed by atoms with van der Waals surface area (Å²) >= 11 is 0. The molecule has 0 N–H and O–H groups in total. The van der Waals surface area contributed by atoms with E-state index in [9.17, 15) is 4.39 Å². The Morgan fingerprint density at radius 3 is 2.19 bits per heavy atom. The minimum atomic E-state index is -0.184. The predicted molar refractivity (Wildman–Crippen MR) is 85.0 cm³/mol. The summed E-state index contributed by atoms with van der Waals surface area (Å²) in [7, 11) is 0. The van der Waals surface area contributed by atoms with Crippen LogP contribution < -0.4 is 0 Å². The first kappa shape index (κ1) is 15.7. The maximum Gasteiger partial charge on any atom is 0.123 e. The standard InChI is InChI=1S/C18H25FN2/c1-17(2,3)16-10-12-20-21(16)13-11-18(4,5)14-6-8-15(19)9-7-14/h6-10,12H,11,13H2,1-5H3. The smallest absolute Gasteiger partial charge is 0.123 e. The molecule has 0 saturated heterocycles. The molecule has 0 fully saturated rings. The summed E-state index contributed by atoms with van der Waals surface area (Å²) < 4.78 is 15.1. The van der Waals surface area contributed by atoms with Crippen LogP contribution >= 0.6 is 0 Å². The van der Waals surface area contributed by atoms with Gasteiger partial charge in [0.2, 0.25) is 0 Å². The highest BCUT2D eigenvalue weighted by Crippen LogP contribution is 2.29. The van der Waals surface area contributed by atoms with E-state index in [-0.39, 0.29) is 16.6 Å². The topological polar surface area (TPSA) is 17.8 Å². The molecule has 0 spiro atoms. The minimum absolute atomic E-state index is 0.00515. The van der Waals surface area contributed by atoms with Crippen LogP contribution in [0.4, 0.5) is 4.39 Å². The van der Waals surface area contributed by atoms with Gasteiger partial charge in [0.15, 0.2) is 0 Å². The molecule has 0 aliphatic rings. The van der Waals surface area contributed by atoms with Gasteiger partial charge < -0.3 is 0 Å². The van der Waals surface area contributed by atoms with Crippen LogP contribution in [0.25, 0.3) is 0 Å². The number of nitrogens with zero attached hydrogens (tertiary/aromatic N) is 2. The van der Waals surface area contributed by atoms with Gasteiger partial charge in [-0.15, -0.1) is 0 Å². The van der Waals surface area contributed by atoms with Gasteiger partial charge in [0.1, 0.15) is 5.82 Å². The normalized spacial score (nSPS) is 12.7. The highest BCUT2D eigenvalue weighted by Gasteiger charge is 2.23. The maximum atomic E-state index is 13.1. The second-order valence-corrected chi connectivity index (χ2v) is 7.33. The fraction of sp³-hybridized carbons (Fsp3) is 0.500. The first-order valence-electron chi connectivity index (χ1n) is 7.48. The molecule has 0 aliphatic heterocycles. The number of rotatable bonds is 4. The summed E-state index contributed by atoms with van der Waals surface area (Å²) in [6.45, 7) is 11.9. The van der Waals surface area contributed by atoms with Crippen LogP contribution in [0.15, 0.2) is 36.5 Å². The molecule has 2 rings (SSSR count). The molecule has 0 amide bonds. The SMILES string of the molecule is CC(C)(C)c1ccnn1CCC(C)(C)c1ccc(F)cc1. The third-order valence-corrected chi connectivity index (χ3v) is 4.06. The highest BCUT2D eigenvalue weighted by atomic mass is 19.1. The largest absolute Gasteiger partial charge is 0.269 e. The van der Waals surface area contributed by atoms with Crippen LogP contribution in [0, 0.1) is 5.82 Å². The fourth-order valence-electron chi connectivity index (χ4n) is 2.58. The first-order valence-corrected chi connectivity index (χ1v) is 7.48. The quantitative estimate of drug-likeness (QED) is 0.798. The van der Waals surface area contributed by atoms with Crippen molar-refractivity contribution in [2.45, 2.75) is 58.4 Å². The number of hydrogen-bond donors (Lipinski definition) is 0. The van der Waals surface area contributed by atoms with E-state index >= 15 is 0 Å². The van der Waals surface area contributed by atoms with Gasteiger partial charge in [-0.25, -0.2) is 4.39 Å². The Kier molecular flexibility index (Phi) is 4.22. The van der Waals surface area contributed by atoms with Gasteiger partial charge in [0, 0.05) is 23.9 Å². The van der Waals surface area contributed by atoms with Crippen LogP contribution in [-0.2, 0) is 17.4 Å². The average Bonchev–Trinajstić information content (AvgIpc) is 2.85. The van der Waals surface area contributed by atoms with Crippen molar-refractivity contribution in [3.05, 3.63) is 53.6 Å². The van der Waals surface area contributed by atoms with E-state index in [1.165, 1.54) is 17.8 Å². The molecule has 0 aliphatic carbocycles. The molecule has 1 aromatic heterocycles. The number of aryl methyl sites for hydroxylation is 1. The van der Waals surface area contributed by atoms with E-state index < -0.39 is 0 Å². The van der Waals surface area contributed by atoms with Crippen molar-refractivity contribution in [3.63, 3.8) is 0 Å². The lowest BCUT2D eigenvalue weighted by Crippen LogP contribution is -2.24. The molecule has 0 atom stereocenters. The second-order valence-electron chi connectivity index (χ2n) is 7.33. The second kappa shape index (κ2) is 5.63. The lowest BCUT2D eigenvalue weighted by molar-refractivity contribution is 0.397. The Labute approximate surface area is 127 Å². The maximum absolute atomic E-state index is 13.1. The molecule has 2 aromatic rings. The van der Waals surface area contributed by atoms with Crippen LogP contribution in [0.5, 0.6) is 0 Å². The van der Waals surface area contributed by atoms with Gasteiger partial charge in [0.25, 0.3) is 0 Å². The van der Waals surface area contributed by atoms with Crippen molar-refractivity contribution >= 4 is 0 Å². The van der Waals surface area contributed by atoms with E-state index in [4.69, 9.17) is 0 Å². The summed E-state index contributed by atoms with van der Waals surface area (Å²) in [6.07, 6.45) is 2.83. The molecular weight excluding hydrogens is 263 g/mol. The van der Waals surface area contributed by atoms with Gasteiger partial charge in [-0.2, -0.15) is 5.10 Å². The van der Waals surface area contributed by atoms with Crippen molar-refractivity contribution in [1.29, 1.82) is 0 Å². The number of benzene rings is 1. The van der Waals surface area contributed by atoms with Crippen LogP contribution in [0.2, 0.25) is 0 Å². The molecule has 3 heteroatoms. The Balaban J connectivity index is 2.12. The minimum Gasteiger partial charge on any atom is -0.269 e. The van der Waals surface area contributed by atoms with Gasteiger partial charge in [-0.05, 0) is 35.6 Å². The molecule has 0 unspecified atom stereocenters. The van der Waals surface area contributed by atoms with Crippen LogP contribution in [0.3, 0.4) is 0 Å².